The maximum Gasteiger partial charge on any atom is 0.191 e. The number of aliphatic imine (C=N–C) groups is 1. The van der Waals surface area contributed by atoms with Crippen molar-refractivity contribution in [3.63, 3.8) is 0 Å². The van der Waals surface area contributed by atoms with Gasteiger partial charge in [-0.05, 0) is 49.4 Å². The van der Waals surface area contributed by atoms with Gasteiger partial charge in [-0.3, -0.25) is 4.99 Å². The van der Waals surface area contributed by atoms with E-state index in [2.05, 4.69) is 47.9 Å². The van der Waals surface area contributed by atoms with Gasteiger partial charge in [0.25, 0.3) is 0 Å². The van der Waals surface area contributed by atoms with Crippen LogP contribution in [-0.2, 0) is 16.6 Å². The second kappa shape index (κ2) is 10.2. The van der Waals surface area contributed by atoms with E-state index in [-0.39, 0.29) is 11.2 Å². The van der Waals surface area contributed by atoms with E-state index in [0.717, 1.165) is 63.6 Å². The molecule has 1 aliphatic heterocycles. The number of hydrogen-bond acceptors (Lipinski definition) is 2. The van der Waals surface area contributed by atoms with Crippen molar-refractivity contribution in [1.29, 1.82) is 0 Å². The molecule has 2 aromatic rings. The van der Waals surface area contributed by atoms with Crippen LogP contribution < -0.4 is 10.6 Å². The normalized spacial score (nSPS) is 16.6. The first-order valence-electron chi connectivity index (χ1n) is 10.1. The predicted molar refractivity (Wildman–Crippen MR) is 112 cm³/mol. The standard InChI is InChI=1S/C23H30FN3O/c1-2-25-22(26-15-12-19-8-10-21(24)11-9-19)27-18-23(13-16-28-17-14-23)20-6-4-3-5-7-20/h3-11H,2,12-18H2,1H3,(H2,25,26,27). The van der Waals surface area contributed by atoms with Gasteiger partial charge in [0, 0.05) is 31.7 Å². The fraction of sp³-hybridized carbons (Fsp3) is 0.435. The second-order valence-electron chi connectivity index (χ2n) is 7.26. The summed E-state index contributed by atoms with van der Waals surface area (Å²) in [6.45, 7) is 5.91. The predicted octanol–water partition coefficient (Wildman–Crippen LogP) is 3.67. The molecule has 2 aromatic carbocycles. The van der Waals surface area contributed by atoms with Gasteiger partial charge in [0.1, 0.15) is 5.82 Å². The van der Waals surface area contributed by atoms with E-state index in [1.807, 2.05) is 12.1 Å². The lowest BCUT2D eigenvalue weighted by Crippen LogP contribution is -2.41. The zero-order valence-electron chi connectivity index (χ0n) is 16.6. The van der Waals surface area contributed by atoms with Crippen molar-refractivity contribution in [2.75, 3.05) is 32.8 Å². The van der Waals surface area contributed by atoms with Crippen LogP contribution in [0.2, 0.25) is 0 Å². The molecule has 150 valence electrons. The van der Waals surface area contributed by atoms with E-state index >= 15 is 0 Å². The van der Waals surface area contributed by atoms with E-state index < -0.39 is 0 Å². The third kappa shape index (κ3) is 5.55. The van der Waals surface area contributed by atoms with Crippen LogP contribution in [0.1, 0.15) is 30.9 Å². The minimum Gasteiger partial charge on any atom is -0.381 e. The SMILES string of the molecule is CCNC(=NCC1(c2ccccc2)CCOCC1)NCCc1ccc(F)cc1. The highest BCUT2D eigenvalue weighted by Crippen LogP contribution is 2.35. The fourth-order valence-electron chi connectivity index (χ4n) is 3.64. The van der Waals surface area contributed by atoms with Crippen molar-refractivity contribution >= 4 is 5.96 Å². The molecule has 2 N–H and O–H groups in total. The molecule has 1 saturated heterocycles. The molecule has 0 bridgehead atoms. The molecule has 0 atom stereocenters. The minimum absolute atomic E-state index is 0.0266. The summed E-state index contributed by atoms with van der Waals surface area (Å²) in [4.78, 5) is 4.91. The summed E-state index contributed by atoms with van der Waals surface area (Å²) in [7, 11) is 0. The van der Waals surface area contributed by atoms with Crippen LogP contribution in [0.5, 0.6) is 0 Å². The molecule has 0 amide bonds. The van der Waals surface area contributed by atoms with E-state index in [0.29, 0.717) is 0 Å². The quantitative estimate of drug-likeness (QED) is 0.566. The molecule has 0 radical (unpaired) electrons. The van der Waals surface area contributed by atoms with Crippen LogP contribution in [0.3, 0.4) is 0 Å². The fourth-order valence-corrected chi connectivity index (χ4v) is 3.64. The lowest BCUT2D eigenvalue weighted by molar-refractivity contribution is 0.0531. The molecule has 4 nitrogen and oxygen atoms in total. The summed E-state index contributed by atoms with van der Waals surface area (Å²) >= 11 is 0. The lowest BCUT2D eigenvalue weighted by atomic mass is 9.74. The van der Waals surface area contributed by atoms with Crippen molar-refractivity contribution in [3.05, 3.63) is 71.5 Å². The van der Waals surface area contributed by atoms with Crippen molar-refractivity contribution in [1.82, 2.24) is 10.6 Å². The molecular formula is C23H30FN3O. The van der Waals surface area contributed by atoms with Crippen LogP contribution in [0, 0.1) is 5.82 Å². The highest BCUT2D eigenvalue weighted by atomic mass is 19.1. The molecule has 1 fully saturated rings. The number of ether oxygens (including phenoxy) is 1. The molecule has 28 heavy (non-hydrogen) atoms. The zero-order chi connectivity index (χ0) is 19.7. The van der Waals surface area contributed by atoms with E-state index in [4.69, 9.17) is 9.73 Å². The summed E-state index contributed by atoms with van der Waals surface area (Å²) in [5.74, 6) is 0.626. The molecule has 3 rings (SSSR count). The number of rotatable bonds is 7. The summed E-state index contributed by atoms with van der Waals surface area (Å²) < 4.78 is 18.7. The Morgan fingerprint density at radius 3 is 2.43 bits per heavy atom. The van der Waals surface area contributed by atoms with Gasteiger partial charge in [0.15, 0.2) is 5.96 Å². The highest BCUT2D eigenvalue weighted by molar-refractivity contribution is 5.79. The van der Waals surface area contributed by atoms with E-state index in [1.165, 1.54) is 17.7 Å². The second-order valence-corrected chi connectivity index (χ2v) is 7.26. The van der Waals surface area contributed by atoms with Gasteiger partial charge >= 0.3 is 0 Å². The Labute approximate surface area is 167 Å². The first-order valence-corrected chi connectivity index (χ1v) is 10.1. The monoisotopic (exact) mass is 383 g/mol. The number of guanidine groups is 1. The average molecular weight is 384 g/mol. The Morgan fingerprint density at radius 1 is 1.04 bits per heavy atom. The van der Waals surface area contributed by atoms with Crippen molar-refractivity contribution in [2.24, 2.45) is 4.99 Å². The van der Waals surface area contributed by atoms with Gasteiger partial charge in [0.05, 0.1) is 6.54 Å². The minimum atomic E-state index is -0.200. The third-order valence-corrected chi connectivity index (χ3v) is 5.34. The number of nitrogens with one attached hydrogen (secondary N) is 2. The van der Waals surface area contributed by atoms with E-state index in [9.17, 15) is 4.39 Å². The van der Waals surface area contributed by atoms with Crippen molar-refractivity contribution < 1.29 is 9.13 Å². The first-order chi connectivity index (χ1) is 13.7. The van der Waals surface area contributed by atoms with Crippen molar-refractivity contribution in [2.45, 2.75) is 31.6 Å². The van der Waals surface area contributed by atoms with E-state index in [1.54, 1.807) is 0 Å². The highest BCUT2D eigenvalue weighted by Gasteiger charge is 2.34. The topological polar surface area (TPSA) is 45.7 Å². The third-order valence-electron chi connectivity index (χ3n) is 5.34. The Hall–Kier alpha value is -2.40. The van der Waals surface area contributed by atoms with Crippen LogP contribution in [0.25, 0.3) is 0 Å². The molecule has 0 unspecified atom stereocenters. The first kappa shape index (κ1) is 20.3. The van der Waals surface area contributed by atoms with Crippen LogP contribution in [-0.4, -0.2) is 38.8 Å². The molecule has 0 aliphatic carbocycles. The smallest absolute Gasteiger partial charge is 0.191 e. The lowest BCUT2D eigenvalue weighted by Gasteiger charge is -2.36. The molecule has 0 spiro atoms. The molecule has 5 heteroatoms. The number of hydrogen-bond donors (Lipinski definition) is 2. The Balaban J connectivity index is 1.65. The average Bonchev–Trinajstić information content (AvgIpc) is 2.75. The summed E-state index contributed by atoms with van der Waals surface area (Å²) in [6.07, 6.45) is 2.79. The molecule has 1 heterocycles. The van der Waals surface area contributed by atoms with Crippen LogP contribution in [0.4, 0.5) is 4.39 Å². The van der Waals surface area contributed by atoms with Crippen LogP contribution >= 0.6 is 0 Å². The number of halogens is 1. The number of nitrogens with zero attached hydrogens (tertiary/aromatic N) is 1. The number of benzene rings is 2. The van der Waals surface area contributed by atoms with Crippen LogP contribution in [0.15, 0.2) is 59.6 Å². The largest absolute Gasteiger partial charge is 0.381 e. The summed E-state index contributed by atoms with van der Waals surface area (Å²) in [5, 5.41) is 6.74. The Bertz CT molecular complexity index is 740. The Morgan fingerprint density at radius 2 is 1.75 bits per heavy atom. The molecule has 1 aliphatic rings. The van der Waals surface area contributed by atoms with Gasteiger partial charge in [-0.1, -0.05) is 42.5 Å². The Kier molecular flexibility index (Phi) is 7.43. The van der Waals surface area contributed by atoms with Gasteiger partial charge in [-0.2, -0.15) is 0 Å². The van der Waals surface area contributed by atoms with Gasteiger partial charge in [-0.15, -0.1) is 0 Å². The molecule has 0 aromatic heterocycles. The van der Waals surface area contributed by atoms with Gasteiger partial charge in [0.2, 0.25) is 0 Å². The summed E-state index contributed by atoms with van der Waals surface area (Å²) in [5.41, 5.74) is 2.47. The van der Waals surface area contributed by atoms with Gasteiger partial charge in [-0.25, -0.2) is 4.39 Å². The molecule has 0 saturated carbocycles. The van der Waals surface area contributed by atoms with Crippen molar-refractivity contribution in [3.8, 4) is 0 Å². The summed E-state index contributed by atoms with van der Waals surface area (Å²) in [6, 6.07) is 17.3. The maximum atomic E-state index is 13.0. The molecular weight excluding hydrogens is 353 g/mol. The van der Waals surface area contributed by atoms with Gasteiger partial charge < -0.3 is 15.4 Å². The zero-order valence-corrected chi connectivity index (χ0v) is 16.6. The maximum absolute atomic E-state index is 13.0.